The molecular weight excluding hydrogens is 180 g/mol. The topological polar surface area (TPSA) is 79.8 Å². The Morgan fingerprint density at radius 2 is 2.08 bits per heavy atom. The molecule has 1 amide bonds. The number of hydrogen-bond acceptors (Lipinski definition) is 3. The van der Waals surface area contributed by atoms with Gasteiger partial charge in [-0.15, -0.1) is 16.7 Å². The van der Waals surface area contributed by atoms with Crippen LogP contribution in [0.3, 0.4) is 0 Å². The largest absolute Gasteiger partial charge is 0.368 e. The number of rotatable bonds is 2. The van der Waals surface area contributed by atoms with Crippen LogP contribution in [0.25, 0.3) is 0 Å². The molecule has 0 fully saturated rings. The van der Waals surface area contributed by atoms with Gasteiger partial charge in [0.15, 0.2) is 0 Å². The lowest BCUT2D eigenvalue weighted by atomic mass is 10.5. The van der Waals surface area contributed by atoms with Crippen molar-refractivity contribution in [1.82, 2.24) is 5.32 Å². The molecule has 0 heterocycles. The normalized spacial score (nSPS) is 10.8. The van der Waals surface area contributed by atoms with Crippen LogP contribution in [0.1, 0.15) is 13.8 Å². The molecule has 0 atom stereocenters. The van der Waals surface area contributed by atoms with Gasteiger partial charge in [-0.3, -0.25) is 10.1 Å². The molecule has 0 aliphatic heterocycles. The number of nitrogens with two attached hydrogens (primary N) is 1. The Kier molecular flexibility index (Phi) is 5.03. The van der Waals surface area contributed by atoms with Crippen LogP contribution >= 0.6 is 11.6 Å². The van der Waals surface area contributed by atoms with Crippen LogP contribution < -0.4 is 11.1 Å². The maximum atomic E-state index is 10.6. The summed E-state index contributed by atoms with van der Waals surface area (Å²) in [6.07, 6.45) is 0. The lowest BCUT2D eigenvalue weighted by molar-refractivity contribution is -0.117. The van der Waals surface area contributed by atoms with Crippen LogP contribution in [0.15, 0.2) is 10.2 Å². The van der Waals surface area contributed by atoms with E-state index in [1.807, 2.05) is 0 Å². The third-order valence-corrected chi connectivity index (χ3v) is 0.989. The van der Waals surface area contributed by atoms with Crippen LogP contribution in [0.2, 0.25) is 0 Å². The summed E-state index contributed by atoms with van der Waals surface area (Å²) in [7, 11) is 0. The molecule has 0 aliphatic rings. The van der Waals surface area contributed by atoms with Crippen LogP contribution in [0, 0.1) is 0 Å². The molecule has 3 N–H and O–H groups in total. The summed E-state index contributed by atoms with van der Waals surface area (Å²) in [6.45, 7) is 3.53. The minimum Gasteiger partial charge on any atom is -0.368 e. The molecule has 0 bridgehead atoms. The van der Waals surface area contributed by atoms with Crippen LogP contribution in [0.4, 0.5) is 0 Å². The Morgan fingerprint density at radius 1 is 1.50 bits per heavy atom. The molecule has 0 aromatic carbocycles. The van der Waals surface area contributed by atoms with Gasteiger partial charge in [-0.25, -0.2) is 0 Å². The van der Waals surface area contributed by atoms with Gasteiger partial charge in [0.25, 0.3) is 0 Å². The van der Waals surface area contributed by atoms with Crippen molar-refractivity contribution in [2.45, 2.75) is 13.8 Å². The first-order valence-electron chi connectivity index (χ1n) is 3.26. The first-order chi connectivity index (χ1) is 5.56. The zero-order valence-corrected chi connectivity index (χ0v) is 7.72. The number of halogens is 1. The molecule has 0 saturated heterocycles. The van der Waals surface area contributed by atoms with E-state index >= 15 is 0 Å². The molecule has 6 heteroatoms. The molecule has 5 nitrogen and oxygen atoms in total. The highest BCUT2D eigenvalue weighted by atomic mass is 35.5. The Hall–Kier alpha value is -1.10. The van der Waals surface area contributed by atoms with E-state index in [1.54, 1.807) is 13.8 Å². The standard InChI is InChI=1S/C6H11ClN4O/c1-4(2)10-11-6(8)9-5(12)3-7/h3H2,1-2H3,(H3,8,9,11,12). The van der Waals surface area contributed by atoms with Gasteiger partial charge in [-0.05, 0) is 13.8 Å². The minimum absolute atomic E-state index is 0.0538. The fourth-order valence-corrected chi connectivity index (χ4v) is 0.422. The molecule has 0 rings (SSSR count). The van der Waals surface area contributed by atoms with Gasteiger partial charge in [0.05, 0.1) is 0 Å². The maximum Gasteiger partial charge on any atom is 0.241 e. The first-order valence-corrected chi connectivity index (χ1v) is 3.80. The highest BCUT2D eigenvalue weighted by Gasteiger charge is 1.98. The van der Waals surface area contributed by atoms with Gasteiger partial charge in [-0.2, -0.15) is 5.10 Å². The fraction of sp³-hybridized carbons (Fsp3) is 0.500. The van der Waals surface area contributed by atoms with E-state index in [0.29, 0.717) is 0 Å². The average Bonchev–Trinajstić information content (AvgIpc) is 2.00. The Balaban J connectivity index is 4.03. The quantitative estimate of drug-likeness (QED) is 0.279. The summed E-state index contributed by atoms with van der Waals surface area (Å²) < 4.78 is 0. The number of alkyl halides is 1. The fourth-order valence-electron chi connectivity index (χ4n) is 0.355. The molecule has 0 aromatic heterocycles. The zero-order valence-electron chi connectivity index (χ0n) is 6.97. The predicted molar refractivity (Wildman–Crippen MR) is 49.3 cm³/mol. The average molecular weight is 191 g/mol. The second-order valence-electron chi connectivity index (χ2n) is 2.21. The Morgan fingerprint density at radius 3 is 2.50 bits per heavy atom. The monoisotopic (exact) mass is 190 g/mol. The van der Waals surface area contributed by atoms with Crippen LogP contribution in [-0.4, -0.2) is 23.5 Å². The molecule has 68 valence electrons. The molecule has 0 aliphatic carbocycles. The van der Waals surface area contributed by atoms with E-state index < -0.39 is 5.91 Å². The number of amides is 1. The number of guanidine groups is 1. The smallest absolute Gasteiger partial charge is 0.241 e. The van der Waals surface area contributed by atoms with E-state index in [1.165, 1.54) is 0 Å². The highest BCUT2D eigenvalue weighted by Crippen LogP contribution is 1.78. The summed E-state index contributed by atoms with van der Waals surface area (Å²) in [4.78, 5) is 10.6. The predicted octanol–water partition coefficient (Wildman–Crippen LogP) is 0.0519. The van der Waals surface area contributed by atoms with Gasteiger partial charge >= 0.3 is 0 Å². The summed E-state index contributed by atoms with van der Waals surface area (Å²) in [5.41, 5.74) is 6.00. The summed E-state index contributed by atoms with van der Waals surface area (Å²) in [6, 6.07) is 0. The summed E-state index contributed by atoms with van der Waals surface area (Å²) >= 11 is 5.20. The van der Waals surface area contributed by atoms with Crippen molar-refractivity contribution in [3.63, 3.8) is 0 Å². The Bertz CT molecular complexity index is 220. The van der Waals surface area contributed by atoms with Gasteiger partial charge in [-0.1, -0.05) is 0 Å². The van der Waals surface area contributed by atoms with E-state index in [2.05, 4.69) is 15.5 Å². The second kappa shape index (κ2) is 5.54. The lowest BCUT2D eigenvalue weighted by Crippen LogP contribution is -2.37. The molecule has 0 unspecified atom stereocenters. The number of hydrogen-bond donors (Lipinski definition) is 2. The SMILES string of the molecule is CC(C)=N/N=C(\N)NC(=O)CCl. The summed E-state index contributed by atoms with van der Waals surface area (Å²) in [5.74, 6) is -0.603. The number of nitrogens with one attached hydrogen (secondary N) is 1. The highest BCUT2D eigenvalue weighted by molar-refractivity contribution is 6.28. The van der Waals surface area contributed by atoms with Crippen LogP contribution in [-0.2, 0) is 4.79 Å². The second-order valence-corrected chi connectivity index (χ2v) is 2.48. The van der Waals surface area contributed by atoms with Gasteiger partial charge in [0.1, 0.15) is 5.88 Å². The molecule has 0 radical (unpaired) electrons. The number of carbonyl (C=O) groups excluding carboxylic acids is 1. The van der Waals surface area contributed by atoms with Gasteiger partial charge in [0, 0.05) is 5.71 Å². The third-order valence-electron chi connectivity index (χ3n) is 0.747. The van der Waals surface area contributed by atoms with Gasteiger partial charge in [0.2, 0.25) is 11.9 Å². The molecule has 0 spiro atoms. The first kappa shape index (κ1) is 10.9. The Labute approximate surface area is 75.7 Å². The van der Waals surface area contributed by atoms with Crippen molar-refractivity contribution < 1.29 is 4.79 Å². The maximum absolute atomic E-state index is 10.6. The van der Waals surface area contributed by atoms with Crippen molar-refractivity contribution in [3.8, 4) is 0 Å². The van der Waals surface area contributed by atoms with Crippen molar-refractivity contribution in [1.29, 1.82) is 0 Å². The third kappa shape index (κ3) is 5.67. The van der Waals surface area contributed by atoms with Crippen molar-refractivity contribution in [2.24, 2.45) is 15.9 Å². The molecule has 0 aromatic rings. The van der Waals surface area contributed by atoms with E-state index in [-0.39, 0.29) is 11.8 Å². The molecule has 12 heavy (non-hydrogen) atoms. The van der Waals surface area contributed by atoms with E-state index in [9.17, 15) is 4.79 Å². The van der Waals surface area contributed by atoms with Crippen LogP contribution in [0.5, 0.6) is 0 Å². The summed E-state index contributed by atoms with van der Waals surface area (Å²) in [5, 5.41) is 9.37. The van der Waals surface area contributed by atoms with E-state index in [0.717, 1.165) is 5.71 Å². The van der Waals surface area contributed by atoms with Gasteiger partial charge < -0.3 is 5.73 Å². The minimum atomic E-state index is -0.401. The number of nitrogens with zero attached hydrogens (tertiary/aromatic N) is 2. The zero-order chi connectivity index (χ0) is 9.56. The van der Waals surface area contributed by atoms with Crippen molar-refractivity contribution >= 4 is 29.2 Å². The van der Waals surface area contributed by atoms with E-state index in [4.69, 9.17) is 17.3 Å². The lowest BCUT2D eigenvalue weighted by Gasteiger charge is -1.97. The van der Waals surface area contributed by atoms with Crippen molar-refractivity contribution in [3.05, 3.63) is 0 Å². The molecule has 0 saturated carbocycles. The van der Waals surface area contributed by atoms with Crippen molar-refractivity contribution in [2.75, 3.05) is 5.88 Å². The molecular formula is C6H11ClN4O. The number of carbonyl (C=O) groups is 1.